The smallest absolute Gasteiger partial charge is 0.243 e. The largest absolute Gasteiger partial charge is 0.317 e. The number of nitrogens with zero attached hydrogens (tertiary/aromatic N) is 3. The zero-order chi connectivity index (χ0) is 27.3. The zero-order valence-corrected chi connectivity index (χ0v) is 24.0. The first-order valence-corrected chi connectivity index (χ1v) is 15.8. The van der Waals surface area contributed by atoms with Crippen LogP contribution < -0.4 is 5.32 Å². The molecule has 1 N–H and O–H groups in total. The number of aromatic nitrogens is 1. The van der Waals surface area contributed by atoms with Crippen molar-refractivity contribution in [2.45, 2.75) is 49.6 Å². The SMILES string of the molecule is Cc1ccc(S(=O)(=O)N2CCCNCCCN(S(=O)(=O)c3ccc(C)cc3)Cc3cc(Cl)cc(n3)C2)cc1. The first kappa shape index (κ1) is 28.7. The maximum absolute atomic E-state index is 13.5. The molecule has 1 aromatic heterocycles. The molecule has 2 bridgehead atoms. The first-order chi connectivity index (χ1) is 18.1. The van der Waals surface area contributed by atoms with Gasteiger partial charge in [-0.15, -0.1) is 0 Å². The summed E-state index contributed by atoms with van der Waals surface area (Å²) in [4.78, 5) is 5.09. The average molecular weight is 577 g/mol. The number of hydrogen-bond acceptors (Lipinski definition) is 6. The van der Waals surface area contributed by atoms with Gasteiger partial charge in [0.05, 0.1) is 34.3 Å². The minimum absolute atomic E-state index is 0.0223. The monoisotopic (exact) mass is 576 g/mol. The Morgan fingerprint density at radius 1 is 0.711 bits per heavy atom. The summed E-state index contributed by atoms with van der Waals surface area (Å²) in [5.41, 5.74) is 2.86. The fourth-order valence-electron chi connectivity index (χ4n) is 4.31. The lowest BCUT2D eigenvalue weighted by Gasteiger charge is -2.25. The molecular formula is C27H33ClN4O4S2. The average Bonchev–Trinajstić information content (AvgIpc) is 2.86. The van der Waals surface area contributed by atoms with Crippen LogP contribution in [0.25, 0.3) is 0 Å². The van der Waals surface area contributed by atoms with Crippen LogP contribution in [0.4, 0.5) is 0 Å². The molecule has 1 aliphatic heterocycles. The van der Waals surface area contributed by atoms with Crippen LogP contribution in [0.15, 0.2) is 70.5 Å². The van der Waals surface area contributed by atoms with Crippen molar-refractivity contribution in [3.05, 3.63) is 88.2 Å². The van der Waals surface area contributed by atoms with Crippen molar-refractivity contribution >= 4 is 31.6 Å². The summed E-state index contributed by atoms with van der Waals surface area (Å²) >= 11 is 6.42. The summed E-state index contributed by atoms with van der Waals surface area (Å²) in [6.07, 6.45) is 1.17. The van der Waals surface area contributed by atoms with Gasteiger partial charge >= 0.3 is 0 Å². The van der Waals surface area contributed by atoms with E-state index < -0.39 is 20.0 Å². The predicted molar refractivity (Wildman–Crippen MR) is 149 cm³/mol. The summed E-state index contributed by atoms with van der Waals surface area (Å²) in [6.45, 7) is 5.66. The lowest BCUT2D eigenvalue weighted by molar-refractivity contribution is 0.373. The number of benzene rings is 2. The standard InChI is InChI=1S/C27H33ClN4O4S2/c1-21-5-9-26(10-6-21)37(33,34)31-15-3-13-29-14-4-16-32(20-25-18-23(28)17-24(19-31)30-25)38(35,36)27-11-7-22(2)8-12-27/h5-12,17-18,29H,3-4,13-16,19-20H2,1-2H3. The van der Waals surface area contributed by atoms with E-state index in [4.69, 9.17) is 11.6 Å². The van der Waals surface area contributed by atoms with Crippen LogP contribution in [-0.2, 0) is 33.1 Å². The first-order valence-electron chi connectivity index (χ1n) is 12.6. The highest BCUT2D eigenvalue weighted by Crippen LogP contribution is 2.23. The maximum Gasteiger partial charge on any atom is 0.243 e. The van der Waals surface area contributed by atoms with Crippen molar-refractivity contribution in [2.75, 3.05) is 26.2 Å². The van der Waals surface area contributed by atoms with E-state index in [1.54, 1.807) is 60.7 Å². The third kappa shape index (κ3) is 6.99. The third-order valence-corrected chi connectivity index (χ3v) is 10.3. The van der Waals surface area contributed by atoms with Crippen molar-refractivity contribution in [1.29, 1.82) is 0 Å². The molecule has 0 aliphatic carbocycles. The highest BCUT2D eigenvalue weighted by atomic mass is 35.5. The molecular weight excluding hydrogens is 544 g/mol. The van der Waals surface area contributed by atoms with E-state index in [1.165, 1.54) is 8.61 Å². The van der Waals surface area contributed by atoms with Crippen molar-refractivity contribution in [3.63, 3.8) is 0 Å². The topological polar surface area (TPSA) is 99.7 Å². The van der Waals surface area contributed by atoms with Gasteiger partial charge in [-0.25, -0.2) is 16.8 Å². The highest BCUT2D eigenvalue weighted by Gasteiger charge is 2.27. The van der Waals surface area contributed by atoms with Gasteiger partial charge in [-0.2, -0.15) is 8.61 Å². The van der Waals surface area contributed by atoms with Crippen LogP contribution in [0, 0.1) is 13.8 Å². The lowest BCUT2D eigenvalue weighted by atomic mass is 10.2. The third-order valence-electron chi connectivity index (χ3n) is 6.41. The molecule has 3 aromatic rings. The summed E-state index contributed by atoms with van der Waals surface area (Å²) in [7, 11) is -7.57. The van der Waals surface area contributed by atoms with Crippen LogP contribution in [-0.4, -0.2) is 56.6 Å². The number of hydrogen-bond donors (Lipinski definition) is 1. The fourth-order valence-corrected chi connectivity index (χ4v) is 7.46. The van der Waals surface area contributed by atoms with Crippen molar-refractivity contribution in [3.8, 4) is 0 Å². The molecule has 204 valence electrons. The predicted octanol–water partition coefficient (Wildman–Crippen LogP) is 4.12. The molecule has 2 heterocycles. The quantitative estimate of drug-likeness (QED) is 0.502. The maximum atomic E-state index is 13.5. The van der Waals surface area contributed by atoms with E-state index in [0.29, 0.717) is 55.4 Å². The van der Waals surface area contributed by atoms with Crippen molar-refractivity contribution in [1.82, 2.24) is 18.9 Å². The minimum atomic E-state index is -3.78. The van der Waals surface area contributed by atoms with Gasteiger partial charge in [0, 0.05) is 18.1 Å². The molecule has 1 aliphatic rings. The van der Waals surface area contributed by atoms with Gasteiger partial charge in [-0.1, -0.05) is 47.0 Å². The number of pyridine rings is 1. The summed E-state index contributed by atoms with van der Waals surface area (Å²) in [5.74, 6) is 0. The second-order valence-electron chi connectivity index (χ2n) is 9.53. The number of sulfonamides is 2. The molecule has 2 aromatic carbocycles. The van der Waals surface area contributed by atoms with Crippen molar-refractivity contribution in [2.24, 2.45) is 0 Å². The van der Waals surface area contributed by atoms with Gasteiger partial charge in [-0.05, 0) is 76.2 Å². The van der Waals surface area contributed by atoms with Crippen LogP contribution in [0.2, 0.25) is 5.02 Å². The van der Waals surface area contributed by atoms with E-state index >= 15 is 0 Å². The van der Waals surface area contributed by atoms with Gasteiger partial charge < -0.3 is 5.32 Å². The molecule has 0 spiro atoms. The number of aryl methyl sites for hydroxylation is 2. The van der Waals surface area contributed by atoms with Crippen LogP contribution in [0.1, 0.15) is 35.4 Å². The molecule has 8 nitrogen and oxygen atoms in total. The molecule has 11 heteroatoms. The molecule has 0 radical (unpaired) electrons. The van der Waals surface area contributed by atoms with Crippen LogP contribution in [0.5, 0.6) is 0 Å². The van der Waals surface area contributed by atoms with Crippen LogP contribution >= 0.6 is 11.6 Å². The Hall–Kier alpha value is -2.34. The van der Waals surface area contributed by atoms with Gasteiger partial charge in [0.25, 0.3) is 0 Å². The minimum Gasteiger partial charge on any atom is -0.317 e. The normalized spacial score (nSPS) is 17.1. The number of halogens is 1. The van der Waals surface area contributed by atoms with Crippen LogP contribution in [0.3, 0.4) is 0 Å². The highest BCUT2D eigenvalue weighted by molar-refractivity contribution is 7.89. The fraction of sp³-hybridized carbons (Fsp3) is 0.370. The second-order valence-corrected chi connectivity index (χ2v) is 13.8. The molecule has 0 amide bonds. The lowest BCUT2D eigenvalue weighted by Crippen LogP contribution is -2.36. The number of fused-ring (bicyclic) bond motifs is 2. The molecule has 4 rings (SSSR count). The zero-order valence-electron chi connectivity index (χ0n) is 21.6. The van der Waals surface area contributed by atoms with E-state index in [0.717, 1.165) is 11.1 Å². The van der Waals surface area contributed by atoms with Gasteiger partial charge in [0.1, 0.15) is 0 Å². The van der Waals surface area contributed by atoms with Gasteiger partial charge in [0.2, 0.25) is 20.0 Å². The molecule has 0 fully saturated rings. The molecule has 0 saturated carbocycles. The molecule has 0 saturated heterocycles. The van der Waals surface area contributed by atoms with Crippen molar-refractivity contribution < 1.29 is 16.8 Å². The van der Waals surface area contributed by atoms with E-state index in [1.807, 2.05) is 13.8 Å². The Morgan fingerprint density at radius 3 is 1.50 bits per heavy atom. The summed E-state index contributed by atoms with van der Waals surface area (Å²) < 4.78 is 57.0. The summed E-state index contributed by atoms with van der Waals surface area (Å²) in [5, 5.41) is 3.69. The Kier molecular flexibility index (Phi) is 9.23. The Labute approximate surface area is 230 Å². The Bertz CT molecular complexity index is 1350. The number of nitrogens with one attached hydrogen (secondary N) is 1. The Balaban J connectivity index is 1.68. The van der Waals surface area contributed by atoms with Gasteiger partial charge in [-0.3, -0.25) is 4.98 Å². The molecule has 38 heavy (non-hydrogen) atoms. The Morgan fingerprint density at radius 2 is 1.11 bits per heavy atom. The van der Waals surface area contributed by atoms with Gasteiger partial charge in [0.15, 0.2) is 0 Å². The second kappa shape index (κ2) is 12.2. The van der Waals surface area contributed by atoms with E-state index in [-0.39, 0.29) is 22.9 Å². The van der Waals surface area contributed by atoms with E-state index in [2.05, 4.69) is 10.3 Å². The molecule has 0 atom stereocenters. The number of rotatable bonds is 4. The molecule has 0 unspecified atom stereocenters. The van der Waals surface area contributed by atoms with E-state index in [9.17, 15) is 16.8 Å². The summed E-state index contributed by atoms with van der Waals surface area (Å²) in [6, 6.07) is 16.8.